The second kappa shape index (κ2) is 8.33. The number of ether oxygens (including phenoxy) is 1. The van der Waals surface area contributed by atoms with Crippen molar-refractivity contribution in [2.24, 2.45) is 0 Å². The normalized spacial score (nSPS) is 15.2. The number of hydrogen-bond donors (Lipinski definition) is 1. The first-order chi connectivity index (χ1) is 14.0. The Morgan fingerprint density at radius 1 is 1.30 bits per heavy atom. The molecule has 9 nitrogen and oxygen atoms in total. The van der Waals surface area contributed by atoms with Crippen molar-refractivity contribution in [3.63, 3.8) is 0 Å². The average Bonchev–Trinajstić information content (AvgIpc) is 2.99. The summed E-state index contributed by atoms with van der Waals surface area (Å²) >= 11 is 0. The highest BCUT2D eigenvalue weighted by Crippen LogP contribution is 2.34. The van der Waals surface area contributed by atoms with E-state index >= 15 is 0 Å². The van der Waals surface area contributed by atoms with Gasteiger partial charge in [0.2, 0.25) is 0 Å². The lowest BCUT2D eigenvalue weighted by molar-refractivity contribution is -0.383. The fourth-order valence-electron chi connectivity index (χ4n) is 3.61. The van der Waals surface area contributed by atoms with E-state index in [1.165, 1.54) is 0 Å². The molecular formula is C21H28N4O5. The Kier molecular flexibility index (Phi) is 6.00. The van der Waals surface area contributed by atoms with E-state index in [1.54, 1.807) is 24.0 Å². The van der Waals surface area contributed by atoms with Crippen LogP contribution in [-0.4, -0.2) is 45.8 Å². The van der Waals surface area contributed by atoms with Crippen LogP contribution in [0, 0.1) is 24.0 Å². The summed E-state index contributed by atoms with van der Waals surface area (Å²) in [6.45, 7) is 10.2. The maximum absolute atomic E-state index is 12.2. The van der Waals surface area contributed by atoms with Crippen LogP contribution >= 0.6 is 0 Å². The van der Waals surface area contributed by atoms with Crippen molar-refractivity contribution < 1.29 is 19.0 Å². The first-order valence-corrected chi connectivity index (χ1v) is 10.0. The second-order valence-corrected chi connectivity index (χ2v) is 8.57. The third kappa shape index (κ3) is 4.90. The molecule has 3 rings (SSSR count). The molecule has 0 unspecified atom stereocenters. The van der Waals surface area contributed by atoms with Gasteiger partial charge in [-0.05, 0) is 59.1 Å². The molecule has 1 aliphatic rings. The molecule has 1 saturated heterocycles. The zero-order valence-corrected chi connectivity index (χ0v) is 18.0. The predicted molar refractivity (Wildman–Crippen MR) is 113 cm³/mol. The first-order valence-electron chi connectivity index (χ1n) is 10.0. The Bertz CT molecular complexity index is 920. The largest absolute Gasteiger partial charge is 0.444 e. The minimum Gasteiger partial charge on any atom is -0.444 e. The number of likely N-dealkylation sites (tertiary alicyclic amines) is 1. The van der Waals surface area contributed by atoms with E-state index in [-0.39, 0.29) is 22.7 Å². The van der Waals surface area contributed by atoms with Gasteiger partial charge in [-0.1, -0.05) is 11.2 Å². The van der Waals surface area contributed by atoms with E-state index < -0.39 is 5.60 Å². The van der Waals surface area contributed by atoms with Crippen LogP contribution in [0.5, 0.6) is 0 Å². The van der Waals surface area contributed by atoms with Crippen molar-refractivity contribution in [1.29, 1.82) is 0 Å². The lowest BCUT2D eigenvalue weighted by Gasteiger charge is -2.34. The molecule has 1 aliphatic heterocycles. The number of aromatic nitrogens is 1. The maximum atomic E-state index is 12.2. The first kappa shape index (κ1) is 21.6. The molecular weight excluding hydrogens is 388 g/mol. The van der Waals surface area contributed by atoms with E-state index in [2.05, 4.69) is 10.5 Å². The van der Waals surface area contributed by atoms with E-state index in [0.29, 0.717) is 48.6 Å². The monoisotopic (exact) mass is 416 g/mol. The summed E-state index contributed by atoms with van der Waals surface area (Å²) in [5.41, 5.74) is 2.10. The number of aryl methyl sites for hydroxylation is 2. The van der Waals surface area contributed by atoms with Gasteiger partial charge in [0.05, 0.1) is 10.6 Å². The van der Waals surface area contributed by atoms with Crippen LogP contribution in [0.3, 0.4) is 0 Å². The molecule has 1 aromatic heterocycles. The second-order valence-electron chi connectivity index (χ2n) is 8.57. The third-order valence-corrected chi connectivity index (χ3v) is 5.02. The van der Waals surface area contributed by atoms with Gasteiger partial charge in [-0.25, -0.2) is 4.79 Å². The van der Waals surface area contributed by atoms with Crippen LogP contribution in [0.25, 0.3) is 11.1 Å². The van der Waals surface area contributed by atoms with Crippen LogP contribution in [0.1, 0.15) is 45.1 Å². The van der Waals surface area contributed by atoms with Gasteiger partial charge in [-0.15, -0.1) is 0 Å². The molecule has 0 bridgehead atoms. The Hall–Kier alpha value is -3.10. The van der Waals surface area contributed by atoms with Gasteiger partial charge in [0.1, 0.15) is 17.0 Å². The number of anilines is 1. The van der Waals surface area contributed by atoms with Crippen molar-refractivity contribution in [3.8, 4) is 11.1 Å². The Morgan fingerprint density at radius 3 is 2.50 bits per heavy atom. The number of carbonyl (C=O) groups is 1. The standard InChI is InChI=1S/C21H28N4O5/c1-13-19(14(2)30-23-13)15-6-7-17(18(12-15)25(27)28)22-16-8-10-24(11-9-16)20(26)29-21(3,4)5/h6-7,12,16,22H,8-11H2,1-5H3. The molecule has 30 heavy (non-hydrogen) atoms. The molecule has 162 valence electrons. The molecule has 1 N–H and O–H groups in total. The Balaban J connectivity index is 1.70. The van der Waals surface area contributed by atoms with Crippen LogP contribution in [0.15, 0.2) is 22.7 Å². The van der Waals surface area contributed by atoms with Crippen LogP contribution in [0.4, 0.5) is 16.2 Å². The molecule has 0 radical (unpaired) electrons. The summed E-state index contributed by atoms with van der Waals surface area (Å²) in [5, 5.41) is 18.9. The lowest BCUT2D eigenvalue weighted by atomic mass is 10.0. The highest BCUT2D eigenvalue weighted by Gasteiger charge is 2.28. The summed E-state index contributed by atoms with van der Waals surface area (Å²) in [4.78, 5) is 25.2. The van der Waals surface area contributed by atoms with E-state index in [1.807, 2.05) is 33.8 Å². The molecule has 0 spiro atoms. The number of amides is 1. The molecule has 2 aromatic rings. The molecule has 0 aliphatic carbocycles. The maximum Gasteiger partial charge on any atom is 0.410 e. The van der Waals surface area contributed by atoms with Crippen molar-refractivity contribution in [2.45, 2.75) is 59.1 Å². The molecule has 1 fully saturated rings. The molecule has 0 atom stereocenters. The minimum absolute atomic E-state index is 0.00192. The SMILES string of the molecule is Cc1noc(C)c1-c1ccc(NC2CCN(C(=O)OC(C)(C)C)CC2)c([N+](=O)[O-])c1. The topological polar surface area (TPSA) is 111 Å². The fourth-order valence-corrected chi connectivity index (χ4v) is 3.61. The Morgan fingerprint density at radius 2 is 1.97 bits per heavy atom. The van der Waals surface area contributed by atoms with Gasteiger partial charge in [0.25, 0.3) is 5.69 Å². The van der Waals surface area contributed by atoms with E-state index in [0.717, 1.165) is 5.56 Å². The predicted octanol–water partition coefficient (Wildman–Crippen LogP) is 4.68. The summed E-state index contributed by atoms with van der Waals surface area (Å²) < 4.78 is 10.6. The number of nitrogens with one attached hydrogen (secondary N) is 1. The van der Waals surface area contributed by atoms with Crippen molar-refractivity contribution in [3.05, 3.63) is 39.8 Å². The van der Waals surface area contributed by atoms with E-state index in [4.69, 9.17) is 9.26 Å². The summed E-state index contributed by atoms with van der Waals surface area (Å²) in [6.07, 6.45) is 1.04. The van der Waals surface area contributed by atoms with Gasteiger partial charge in [-0.3, -0.25) is 10.1 Å². The summed E-state index contributed by atoms with van der Waals surface area (Å²) in [6, 6.07) is 5.13. The molecule has 1 aromatic carbocycles. The fraction of sp³-hybridized carbons (Fsp3) is 0.524. The van der Waals surface area contributed by atoms with Gasteiger partial charge < -0.3 is 19.5 Å². The average molecular weight is 416 g/mol. The number of benzene rings is 1. The number of carbonyl (C=O) groups excluding carboxylic acids is 1. The zero-order valence-electron chi connectivity index (χ0n) is 18.0. The highest BCUT2D eigenvalue weighted by atomic mass is 16.6. The number of nitrogens with zero attached hydrogens (tertiary/aromatic N) is 3. The van der Waals surface area contributed by atoms with Crippen molar-refractivity contribution in [2.75, 3.05) is 18.4 Å². The van der Waals surface area contributed by atoms with Crippen LogP contribution < -0.4 is 5.32 Å². The Labute approximate surface area is 175 Å². The number of nitro benzene ring substituents is 1. The van der Waals surface area contributed by atoms with Gasteiger partial charge in [0.15, 0.2) is 0 Å². The molecule has 1 amide bonds. The third-order valence-electron chi connectivity index (χ3n) is 5.02. The summed E-state index contributed by atoms with van der Waals surface area (Å²) in [7, 11) is 0. The highest BCUT2D eigenvalue weighted by molar-refractivity contribution is 5.75. The van der Waals surface area contributed by atoms with Crippen LogP contribution in [0.2, 0.25) is 0 Å². The number of hydrogen-bond acceptors (Lipinski definition) is 7. The van der Waals surface area contributed by atoms with Gasteiger partial charge >= 0.3 is 6.09 Å². The van der Waals surface area contributed by atoms with Crippen molar-refractivity contribution >= 4 is 17.5 Å². The minimum atomic E-state index is -0.532. The quantitative estimate of drug-likeness (QED) is 0.569. The smallest absolute Gasteiger partial charge is 0.410 e. The molecule has 2 heterocycles. The number of piperidine rings is 1. The van der Waals surface area contributed by atoms with Crippen LogP contribution in [-0.2, 0) is 4.74 Å². The lowest BCUT2D eigenvalue weighted by Crippen LogP contribution is -2.44. The molecule has 9 heteroatoms. The van der Waals surface area contributed by atoms with E-state index in [9.17, 15) is 14.9 Å². The number of rotatable bonds is 4. The number of nitro groups is 1. The van der Waals surface area contributed by atoms with Crippen molar-refractivity contribution in [1.82, 2.24) is 10.1 Å². The molecule has 0 saturated carbocycles. The van der Waals surface area contributed by atoms with Gasteiger partial charge in [0, 0.05) is 30.8 Å². The van der Waals surface area contributed by atoms with Gasteiger partial charge in [-0.2, -0.15) is 0 Å². The zero-order chi connectivity index (χ0) is 22.1. The summed E-state index contributed by atoms with van der Waals surface area (Å²) in [5.74, 6) is 0.622.